The van der Waals surface area contributed by atoms with Crippen LogP contribution in [0.4, 0.5) is 0 Å². The van der Waals surface area contributed by atoms with Crippen molar-refractivity contribution in [2.45, 2.75) is 27.7 Å². The molecule has 0 saturated heterocycles. The number of halogens is 1. The fourth-order valence-electron chi connectivity index (χ4n) is 0.203. The highest BCUT2D eigenvalue weighted by Crippen LogP contribution is 1.98. The Bertz CT molecular complexity index is 126. The van der Waals surface area contributed by atoms with Crippen LogP contribution in [-0.2, 0) is 9.53 Å². The first kappa shape index (κ1) is 13.3. The summed E-state index contributed by atoms with van der Waals surface area (Å²) in [6.45, 7) is 7.64. The van der Waals surface area contributed by atoms with Crippen LogP contribution in [0.25, 0.3) is 0 Å². The maximum Gasteiger partial charge on any atom is 0.302 e. The second kappa shape index (κ2) is 9.69. The summed E-state index contributed by atoms with van der Waals surface area (Å²) >= 11 is 3.23. The van der Waals surface area contributed by atoms with Gasteiger partial charge in [0.25, 0.3) is 0 Å². The van der Waals surface area contributed by atoms with Gasteiger partial charge in [-0.3, -0.25) is 4.79 Å². The first-order chi connectivity index (χ1) is 5.04. The van der Waals surface area contributed by atoms with Crippen molar-refractivity contribution in [1.29, 1.82) is 0 Å². The molecule has 0 unspecified atom stereocenters. The second-order valence-electron chi connectivity index (χ2n) is 1.80. The Labute approximate surface area is 76.8 Å². The van der Waals surface area contributed by atoms with E-state index in [9.17, 15) is 4.79 Å². The van der Waals surface area contributed by atoms with Crippen LogP contribution in [0.15, 0.2) is 10.6 Å². The average molecular weight is 223 g/mol. The van der Waals surface area contributed by atoms with Gasteiger partial charge in [0, 0.05) is 6.92 Å². The minimum Gasteiger partial charge on any atom is -0.466 e. The molecule has 0 aliphatic carbocycles. The van der Waals surface area contributed by atoms with E-state index < -0.39 is 0 Å². The Hall–Kier alpha value is -0.310. The molecule has 2 nitrogen and oxygen atoms in total. The number of hydrogen-bond donors (Lipinski definition) is 0. The van der Waals surface area contributed by atoms with Crippen LogP contribution in [0.3, 0.4) is 0 Å². The van der Waals surface area contributed by atoms with Gasteiger partial charge in [0.05, 0.1) is 6.61 Å². The van der Waals surface area contributed by atoms with Crippen LogP contribution < -0.4 is 0 Å². The van der Waals surface area contributed by atoms with Crippen LogP contribution in [0, 0.1) is 0 Å². The molecule has 0 atom stereocenters. The van der Waals surface area contributed by atoms with Gasteiger partial charge in [-0.15, -0.1) is 0 Å². The van der Waals surface area contributed by atoms with E-state index in [-0.39, 0.29) is 5.97 Å². The molecule has 0 spiro atoms. The second-order valence-corrected chi connectivity index (χ2v) is 3.05. The molecule has 0 aliphatic rings. The number of hydrogen-bond acceptors (Lipinski definition) is 2. The Morgan fingerprint density at radius 1 is 1.55 bits per heavy atom. The zero-order valence-corrected chi connectivity index (χ0v) is 9.06. The Balaban J connectivity index is 0. The highest BCUT2D eigenvalue weighted by Gasteiger charge is 1.81. The van der Waals surface area contributed by atoms with Crippen molar-refractivity contribution in [3.8, 4) is 0 Å². The molecular formula is C8H15BrO2. The lowest BCUT2D eigenvalue weighted by Crippen LogP contribution is -1.95. The Morgan fingerprint density at radius 2 is 1.91 bits per heavy atom. The minimum atomic E-state index is -0.211. The van der Waals surface area contributed by atoms with Gasteiger partial charge in [0.15, 0.2) is 0 Å². The zero-order valence-electron chi connectivity index (χ0n) is 7.48. The van der Waals surface area contributed by atoms with E-state index in [0.717, 1.165) is 0 Å². The van der Waals surface area contributed by atoms with Gasteiger partial charge < -0.3 is 4.74 Å². The molecule has 0 aliphatic heterocycles. The van der Waals surface area contributed by atoms with E-state index >= 15 is 0 Å². The van der Waals surface area contributed by atoms with E-state index in [2.05, 4.69) is 20.7 Å². The molecule has 0 fully saturated rings. The molecule has 0 aromatic carbocycles. The molecule has 0 radical (unpaired) electrons. The van der Waals surface area contributed by atoms with Crippen molar-refractivity contribution in [3.63, 3.8) is 0 Å². The zero-order chi connectivity index (χ0) is 9.28. The first-order valence-electron chi connectivity index (χ1n) is 3.46. The van der Waals surface area contributed by atoms with E-state index in [0.29, 0.717) is 6.61 Å². The van der Waals surface area contributed by atoms with Gasteiger partial charge in [-0.05, 0) is 25.3 Å². The summed E-state index contributed by atoms with van der Waals surface area (Å²) in [5.41, 5.74) is 0. The number of allylic oxidation sites excluding steroid dienone is 2. The normalized spacial score (nSPS) is 9.73. The molecule has 0 aromatic heterocycles. The summed E-state index contributed by atoms with van der Waals surface area (Å²) in [6, 6.07) is 0. The lowest BCUT2D eigenvalue weighted by Gasteiger charge is -1.89. The molecule has 0 heterocycles. The Kier molecular flexibility index (Phi) is 11.7. The standard InChI is InChI=1S/C4H7Br.C4H8O2/c1-3-4(2)5;1-3-6-4(2)5/h3H,1-2H3;3H2,1-2H3/b4-3+;. The van der Waals surface area contributed by atoms with Crippen LogP contribution >= 0.6 is 15.9 Å². The fourth-order valence-corrected chi connectivity index (χ4v) is 0.203. The van der Waals surface area contributed by atoms with E-state index in [1.54, 1.807) is 6.92 Å². The summed E-state index contributed by atoms with van der Waals surface area (Å²) in [4.78, 5) is 9.82. The molecular weight excluding hydrogens is 208 g/mol. The van der Waals surface area contributed by atoms with Crippen LogP contribution in [-0.4, -0.2) is 12.6 Å². The van der Waals surface area contributed by atoms with Gasteiger partial charge >= 0.3 is 5.97 Å². The minimum absolute atomic E-state index is 0.211. The van der Waals surface area contributed by atoms with Crippen molar-refractivity contribution in [2.24, 2.45) is 0 Å². The lowest BCUT2D eigenvalue weighted by molar-refractivity contribution is -0.140. The summed E-state index contributed by atoms with van der Waals surface area (Å²) in [5.74, 6) is -0.211. The van der Waals surface area contributed by atoms with E-state index in [4.69, 9.17) is 0 Å². The third-order valence-electron chi connectivity index (χ3n) is 0.745. The average Bonchev–Trinajstić information content (AvgIpc) is 1.89. The van der Waals surface area contributed by atoms with Crippen LogP contribution in [0.1, 0.15) is 27.7 Å². The van der Waals surface area contributed by atoms with Crippen LogP contribution in [0.2, 0.25) is 0 Å². The third-order valence-corrected chi connectivity index (χ3v) is 1.20. The Morgan fingerprint density at radius 3 is 1.91 bits per heavy atom. The molecule has 0 saturated carbocycles. The number of rotatable bonds is 1. The van der Waals surface area contributed by atoms with Gasteiger partial charge in [-0.1, -0.05) is 22.0 Å². The van der Waals surface area contributed by atoms with Crippen molar-refractivity contribution in [3.05, 3.63) is 10.6 Å². The largest absolute Gasteiger partial charge is 0.466 e. The van der Waals surface area contributed by atoms with Crippen molar-refractivity contribution in [1.82, 2.24) is 0 Å². The summed E-state index contributed by atoms with van der Waals surface area (Å²) in [6.07, 6.45) is 2.00. The van der Waals surface area contributed by atoms with Gasteiger partial charge in [-0.25, -0.2) is 0 Å². The molecule has 0 rings (SSSR count). The predicted molar refractivity (Wildman–Crippen MR) is 50.7 cm³/mol. The molecule has 0 N–H and O–H groups in total. The molecule has 11 heavy (non-hydrogen) atoms. The molecule has 0 amide bonds. The summed E-state index contributed by atoms with van der Waals surface area (Å²) < 4.78 is 5.59. The predicted octanol–water partition coefficient (Wildman–Crippen LogP) is 2.87. The number of esters is 1. The summed E-state index contributed by atoms with van der Waals surface area (Å²) in [7, 11) is 0. The highest BCUT2D eigenvalue weighted by atomic mass is 79.9. The smallest absolute Gasteiger partial charge is 0.302 e. The van der Waals surface area contributed by atoms with Crippen molar-refractivity contribution in [2.75, 3.05) is 6.61 Å². The third kappa shape index (κ3) is 26.1. The molecule has 0 bridgehead atoms. The van der Waals surface area contributed by atoms with E-state index in [1.165, 1.54) is 11.4 Å². The van der Waals surface area contributed by atoms with Crippen molar-refractivity contribution < 1.29 is 9.53 Å². The fraction of sp³-hybridized carbons (Fsp3) is 0.625. The first-order valence-corrected chi connectivity index (χ1v) is 4.25. The van der Waals surface area contributed by atoms with Gasteiger partial charge in [0.2, 0.25) is 0 Å². The number of carbonyl (C=O) groups is 1. The molecule has 0 aromatic rings. The monoisotopic (exact) mass is 222 g/mol. The van der Waals surface area contributed by atoms with Crippen LogP contribution in [0.5, 0.6) is 0 Å². The highest BCUT2D eigenvalue weighted by molar-refractivity contribution is 9.11. The SMILES string of the molecule is C/C=C(\C)Br.CCOC(C)=O. The molecule has 66 valence electrons. The van der Waals surface area contributed by atoms with E-state index in [1.807, 2.05) is 19.9 Å². The van der Waals surface area contributed by atoms with Gasteiger partial charge in [-0.2, -0.15) is 0 Å². The quantitative estimate of drug-likeness (QED) is 0.639. The lowest BCUT2D eigenvalue weighted by atomic mass is 10.6. The topological polar surface area (TPSA) is 26.3 Å². The van der Waals surface area contributed by atoms with Gasteiger partial charge in [0.1, 0.15) is 0 Å². The number of carbonyl (C=O) groups excluding carboxylic acids is 1. The maximum atomic E-state index is 9.82. The number of ether oxygens (including phenoxy) is 1. The summed E-state index contributed by atoms with van der Waals surface area (Å²) in [5, 5.41) is 0. The molecule has 3 heteroatoms. The maximum absolute atomic E-state index is 9.82. The van der Waals surface area contributed by atoms with Crippen molar-refractivity contribution >= 4 is 21.9 Å².